The fraction of sp³-hybridized carbons (Fsp3) is 0.600. The number of hydrogen-bond donors (Lipinski definition) is 1. The standard InChI is InChI=1S/C20H28N2O4/c1-19(2,3)26-18(25)21(4)11-14-9-20(10-14)12-22(13-20)16-7-5-15(6-8-16)17(23)24/h5-8,14H,9-13H2,1-4H3,(H,23,24). The predicted molar refractivity (Wildman–Crippen MR) is 99.6 cm³/mol. The van der Waals surface area contributed by atoms with E-state index < -0.39 is 11.6 Å². The Morgan fingerprint density at radius 3 is 2.31 bits per heavy atom. The van der Waals surface area contributed by atoms with E-state index in [0.29, 0.717) is 16.9 Å². The number of carboxylic acid groups (broad SMARTS) is 1. The molecule has 2 aliphatic rings. The molecular weight excluding hydrogens is 332 g/mol. The van der Waals surface area contributed by atoms with Crippen molar-refractivity contribution in [2.75, 3.05) is 31.6 Å². The van der Waals surface area contributed by atoms with Gasteiger partial charge in [0.2, 0.25) is 0 Å². The van der Waals surface area contributed by atoms with Gasteiger partial charge in [-0.15, -0.1) is 0 Å². The quantitative estimate of drug-likeness (QED) is 0.890. The van der Waals surface area contributed by atoms with Gasteiger partial charge in [-0.2, -0.15) is 0 Å². The highest BCUT2D eigenvalue weighted by atomic mass is 16.6. The number of nitrogens with zero attached hydrogens (tertiary/aromatic N) is 2. The van der Waals surface area contributed by atoms with E-state index in [1.54, 1.807) is 24.1 Å². The topological polar surface area (TPSA) is 70.1 Å². The van der Waals surface area contributed by atoms with Crippen LogP contribution in [0.2, 0.25) is 0 Å². The smallest absolute Gasteiger partial charge is 0.410 e. The van der Waals surface area contributed by atoms with Gasteiger partial charge in [-0.1, -0.05) is 0 Å². The second-order valence-electron chi connectivity index (χ2n) is 8.84. The number of hydrogen-bond acceptors (Lipinski definition) is 4. The molecule has 2 fully saturated rings. The zero-order valence-corrected chi connectivity index (χ0v) is 16.0. The summed E-state index contributed by atoms with van der Waals surface area (Å²) in [5, 5.41) is 8.97. The number of aromatic carboxylic acids is 1. The molecule has 1 saturated heterocycles. The summed E-state index contributed by atoms with van der Waals surface area (Å²) >= 11 is 0. The summed E-state index contributed by atoms with van der Waals surface area (Å²) in [6.07, 6.45) is 2.00. The van der Waals surface area contributed by atoms with Gasteiger partial charge in [0.25, 0.3) is 0 Å². The lowest BCUT2D eigenvalue weighted by molar-refractivity contribution is -0.00709. The maximum absolute atomic E-state index is 12.0. The van der Waals surface area contributed by atoms with E-state index in [9.17, 15) is 9.59 Å². The fourth-order valence-corrected chi connectivity index (χ4v) is 4.11. The summed E-state index contributed by atoms with van der Waals surface area (Å²) in [5.74, 6) is -0.364. The second-order valence-corrected chi connectivity index (χ2v) is 8.84. The number of rotatable bonds is 4. The molecule has 1 spiro atoms. The molecule has 1 aromatic rings. The monoisotopic (exact) mass is 360 g/mol. The van der Waals surface area contributed by atoms with E-state index >= 15 is 0 Å². The van der Waals surface area contributed by atoms with Gasteiger partial charge in [-0.3, -0.25) is 0 Å². The molecule has 3 rings (SSSR count). The Labute approximate surface area is 154 Å². The molecule has 26 heavy (non-hydrogen) atoms. The Bertz CT molecular complexity index is 679. The van der Waals surface area contributed by atoms with E-state index in [1.807, 2.05) is 32.9 Å². The fourth-order valence-electron chi connectivity index (χ4n) is 4.11. The maximum Gasteiger partial charge on any atom is 0.410 e. The van der Waals surface area contributed by atoms with Crippen LogP contribution in [0, 0.1) is 11.3 Å². The van der Waals surface area contributed by atoms with Gasteiger partial charge in [0.1, 0.15) is 5.60 Å². The van der Waals surface area contributed by atoms with Crippen molar-refractivity contribution < 1.29 is 19.4 Å². The Morgan fingerprint density at radius 2 is 1.81 bits per heavy atom. The molecule has 1 aliphatic carbocycles. The highest BCUT2D eigenvalue weighted by Gasteiger charge is 2.52. The summed E-state index contributed by atoms with van der Waals surface area (Å²) in [7, 11) is 1.80. The Kier molecular flexibility index (Phi) is 4.63. The summed E-state index contributed by atoms with van der Waals surface area (Å²) in [4.78, 5) is 26.9. The van der Waals surface area contributed by atoms with Crippen molar-refractivity contribution in [2.45, 2.75) is 39.2 Å². The van der Waals surface area contributed by atoms with E-state index in [2.05, 4.69) is 4.90 Å². The summed E-state index contributed by atoms with van der Waals surface area (Å²) in [6.45, 7) is 8.39. The third kappa shape index (κ3) is 3.94. The van der Waals surface area contributed by atoms with E-state index in [-0.39, 0.29) is 6.09 Å². The first-order valence-corrected chi connectivity index (χ1v) is 9.09. The van der Waals surface area contributed by atoms with Gasteiger partial charge in [0, 0.05) is 37.8 Å². The van der Waals surface area contributed by atoms with Gasteiger partial charge >= 0.3 is 12.1 Å². The normalized spacial score (nSPS) is 18.8. The molecule has 142 valence electrons. The molecule has 6 heteroatoms. The number of carboxylic acids is 1. The lowest BCUT2D eigenvalue weighted by Crippen LogP contribution is -2.63. The molecule has 0 unspecified atom stereocenters. The predicted octanol–water partition coefficient (Wildman–Crippen LogP) is 3.47. The molecule has 0 aromatic heterocycles. The van der Waals surface area contributed by atoms with Gasteiger partial charge in [-0.25, -0.2) is 9.59 Å². The minimum atomic E-state index is -0.896. The SMILES string of the molecule is CN(CC1CC2(C1)CN(c1ccc(C(=O)O)cc1)C2)C(=O)OC(C)(C)C. The van der Waals surface area contributed by atoms with Crippen LogP contribution in [-0.4, -0.2) is 54.4 Å². The number of benzene rings is 1. The van der Waals surface area contributed by atoms with Gasteiger partial charge in [-0.05, 0) is 63.8 Å². The third-order valence-electron chi connectivity index (χ3n) is 5.21. The molecule has 1 aliphatic heterocycles. The molecule has 0 atom stereocenters. The molecule has 0 bridgehead atoms. The first-order chi connectivity index (χ1) is 12.1. The molecule has 1 N–H and O–H groups in total. The average Bonchev–Trinajstić information content (AvgIpc) is 2.46. The van der Waals surface area contributed by atoms with Gasteiger partial charge < -0.3 is 19.6 Å². The largest absolute Gasteiger partial charge is 0.478 e. The number of carbonyl (C=O) groups excluding carboxylic acids is 1. The second kappa shape index (κ2) is 6.49. The van der Waals surface area contributed by atoms with Crippen molar-refractivity contribution in [2.24, 2.45) is 11.3 Å². The average molecular weight is 360 g/mol. The van der Waals surface area contributed by atoms with Crippen LogP contribution in [0.25, 0.3) is 0 Å². The number of ether oxygens (including phenoxy) is 1. The highest BCUT2D eigenvalue weighted by molar-refractivity contribution is 5.88. The van der Waals surface area contributed by atoms with Crippen LogP contribution in [0.15, 0.2) is 24.3 Å². The molecule has 1 saturated carbocycles. The van der Waals surface area contributed by atoms with Crippen molar-refractivity contribution in [3.63, 3.8) is 0 Å². The first-order valence-electron chi connectivity index (χ1n) is 9.09. The molecule has 1 heterocycles. The maximum atomic E-state index is 12.0. The van der Waals surface area contributed by atoms with Crippen molar-refractivity contribution >= 4 is 17.7 Å². The van der Waals surface area contributed by atoms with Gasteiger partial charge in [0.15, 0.2) is 0 Å². The zero-order valence-electron chi connectivity index (χ0n) is 16.0. The van der Waals surface area contributed by atoms with Crippen LogP contribution >= 0.6 is 0 Å². The lowest BCUT2D eigenvalue weighted by Gasteiger charge is -2.60. The Balaban J connectivity index is 1.43. The van der Waals surface area contributed by atoms with E-state index in [4.69, 9.17) is 9.84 Å². The molecule has 6 nitrogen and oxygen atoms in total. The van der Waals surface area contributed by atoms with Crippen LogP contribution in [-0.2, 0) is 4.74 Å². The summed E-state index contributed by atoms with van der Waals surface area (Å²) in [5.41, 5.74) is 1.30. The zero-order chi connectivity index (χ0) is 19.1. The van der Waals surface area contributed by atoms with Crippen LogP contribution in [0.1, 0.15) is 44.0 Å². The molecular formula is C20H28N2O4. The van der Waals surface area contributed by atoms with Crippen LogP contribution in [0.4, 0.5) is 10.5 Å². The van der Waals surface area contributed by atoms with Crippen molar-refractivity contribution in [1.82, 2.24) is 4.90 Å². The summed E-state index contributed by atoms with van der Waals surface area (Å²) in [6, 6.07) is 7.07. The van der Waals surface area contributed by atoms with Crippen LogP contribution in [0.5, 0.6) is 0 Å². The number of carbonyl (C=O) groups is 2. The van der Waals surface area contributed by atoms with Crippen LogP contribution in [0.3, 0.4) is 0 Å². The highest BCUT2D eigenvalue weighted by Crippen LogP contribution is 2.53. The van der Waals surface area contributed by atoms with E-state index in [1.165, 1.54) is 0 Å². The van der Waals surface area contributed by atoms with E-state index in [0.717, 1.165) is 38.2 Å². The summed E-state index contributed by atoms with van der Waals surface area (Å²) < 4.78 is 5.40. The van der Waals surface area contributed by atoms with Gasteiger partial charge in [0.05, 0.1) is 5.56 Å². The first kappa shape index (κ1) is 18.5. The van der Waals surface area contributed by atoms with Crippen molar-refractivity contribution in [3.05, 3.63) is 29.8 Å². The molecule has 0 radical (unpaired) electrons. The lowest BCUT2D eigenvalue weighted by atomic mass is 9.57. The molecule has 1 aromatic carbocycles. The number of anilines is 1. The Morgan fingerprint density at radius 1 is 1.23 bits per heavy atom. The van der Waals surface area contributed by atoms with Crippen molar-refractivity contribution in [1.29, 1.82) is 0 Å². The van der Waals surface area contributed by atoms with Crippen molar-refractivity contribution in [3.8, 4) is 0 Å². The minimum Gasteiger partial charge on any atom is -0.478 e. The number of amides is 1. The molecule has 1 amide bonds. The van der Waals surface area contributed by atoms with Crippen LogP contribution < -0.4 is 4.90 Å². The minimum absolute atomic E-state index is 0.257. The Hall–Kier alpha value is -2.24. The third-order valence-corrected chi connectivity index (χ3v) is 5.21.